The Bertz CT molecular complexity index is 1180. The van der Waals surface area contributed by atoms with Gasteiger partial charge in [-0.3, -0.25) is 0 Å². The average Bonchev–Trinajstić information content (AvgIpc) is 2.77. The first-order valence-corrected chi connectivity index (χ1v) is 9.33. The lowest BCUT2D eigenvalue weighted by atomic mass is 10.1. The van der Waals surface area contributed by atoms with Gasteiger partial charge in [0.2, 0.25) is 0 Å². The third-order valence-corrected chi connectivity index (χ3v) is 4.59. The highest BCUT2D eigenvalue weighted by atomic mass is 16.4. The molecule has 0 aliphatic heterocycles. The van der Waals surface area contributed by atoms with Crippen molar-refractivity contribution in [3.05, 3.63) is 118 Å². The van der Waals surface area contributed by atoms with Crippen LogP contribution in [-0.4, -0.2) is 0 Å². The first-order valence-electron chi connectivity index (χ1n) is 9.33. The van der Waals surface area contributed by atoms with Crippen LogP contribution in [0.4, 0.5) is 0 Å². The molecular formula is C25H19NO3. The third kappa shape index (κ3) is 4.17. The maximum absolute atomic E-state index is 13.3. The van der Waals surface area contributed by atoms with Crippen molar-refractivity contribution in [3.8, 4) is 17.0 Å². The maximum atomic E-state index is 13.3. The number of hydrogen-bond acceptors (Lipinski definition) is 3. The zero-order chi connectivity index (χ0) is 20.1. The molecule has 3 aromatic carbocycles. The number of benzene rings is 3. The van der Waals surface area contributed by atoms with E-state index < -0.39 is 5.63 Å². The lowest BCUT2D eigenvalue weighted by Gasteiger charge is -2.13. The molecule has 0 aliphatic rings. The Morgan fingerprint density at radius 3 is 2.03 bits per heavy atom. The molecular weight excluding hydrogens is 362 g/mol. The van der Waals surface area contributed by atoms with Gasteiger partial charge in [0.1, 0.15) is 5.56 Å². The summed E-state index contributed by atoms with van der Waals surface area (Å²) in [5.41, 5.74) is 1.83. The zero-order valence-electron chi connectivity index (χ0n) is 15.7. The lowest BCUT2D eigenvalue weighted by molar-refractivity contribution is -0.738. The van der Waals surface area contributed by atoms with Crippen LogP contribution in [0, 0.1) is 0 Å². The van der Waals surface area contributed by atoms with Crippen LogP contribution in [-0.2, 0) is 6.54 Å². The van der Waals surface area contributed by atoms with E-state index in [4.69, 9.17) is 4.42 Å². The van der Waals surface area contributed by atoms with E-state index in [1.54, 1.807) is 30.3 Å². The van der Waals surface area contributed by atoms with E-state index in [-0.39, 0.29) is 17.3 Å². The van der Waals surface area contributed by atoms with E-state index in [2.05, 4.69) is 0 Å². The Hall–Kier alpha value is -3.92. The number of rotatable bonds is 5. The fourth-order valence-electron chi connectivity index (χ4n) is 3.14. The summed E-state index contributed by atoms with van der Waals surface area (Å²) >= 11 is 0. The number of nitrogens with zero attached hydrogens (tertiary/aromatic N) is 1. The Morgan fingerprint density at radius 1 is 0.793 bits per heavy atom. The molecule has 29 heavy (non-hydrogen) atoms. The summed E-state index contributed by atoms with van der Waals surface area (Å²) in [7, 11) is 0. The van der Waals surface area contributed by atoms with Crippen molar-refractivity contribution < 1.29 is 14.1 Å². The van der Waals surface area contributed by atoms with Crippen molar-refractivity contribution in [1.82, 2.24) is 0 Å². The van der Waals surface area contributed by atoms with Crippen LogP contribution in [0.5, 0.6) is 5.88 Å². The molecule has 0 bridgehead atoms. The van der Waals surface area contributed by atoms with Gasteiger partial charge in [0.15, 0.2) is 12.4 Å². The fourth-order valence-corrected chi connectivity index (χ4v) is 3.14. The minimum Gasteiger partial charge on any atom is -0.822 e. The van der Waals surface area contributed by atoms with E-state index in [0.29, 0.717) is 12.1 Å². The zero-order valence-corrected chi connectivity index (χ0v) is 15.7. The maximum Gasteiger partial charge on any atom is 0.375 e. The van der Waals surface area contributed by atoms with Gasteiger partial charge in [0.25, 0.3) is 0 Å². The van der Waals surface area contributed by atoms with Crippen LogP contribution in [0.2, 0.25) is 0 Å². The average molecular weight is 381 g/mol. The molecule has 1 aromatic heterocycles. The molecule has 0 atom stereocenters. The molecule has 4 nitrogen and oxygen atoms in total. The molecule has 1 heterocycles. The highest BCUT2D eigenvalue weighted by molar-refractivity contribution is 5.67. The van der Waals surface area contributed by atoms with Gasteiger partial charge in [-0.2, -0.15) is 4.57 Å². The van der Waals surface area contributed by atoms with Crippen LogP contribution < -0.4 is 15.3 Å². The predicted molar refractivity (Wildman–Crippen MR) is 111 cm³/mol. The van der Waals surface area contributed by atoms with E-state index in [1.807, 2.05) is 72.8 Å². The summed E-state index contributed by atoms with van der Waals surface area (Å²) in [6.07, 6.45) is 3.48. The molecule has 0 spiro atoms. The summed E-state index contributed by atoms with van der Waals surface area (Å²) in [6, 6.07) is 28.2. The normalized spacial score (nSPS) is 11.0. The van der Waals surface area contributed by atoms with Gasteiger partial charge in [-0.15, -0.1) is 0 Å². The van der Waals surface area contributed by atoms with Crippen molar-refractivity contribution >= 4 is 12.2 Å². The Balaban J connectivity index is 1.85. The Labute approximate surface area is 168 Å². The molecule has 0 N–H and O–H groups in total. The first-order chi connectivity index (χ1) is 14.2. The topological polar surface area (TPSA) is 57.2 Å². The van der Waals surface area contributed by atoms with Gasteiger partial charge >= 0.3 is 11.5 Å². The molecule has 0 unspecified atom stereocenters. The third-order valence-electron chi connectivity index (χ3n) is 4.59. The highest BCUT2D eigenvalue weighted by Gasteiger charge is 2.21. The van der Waals surface area contributed by atoms with Gasteiger partial charge in [0.05, 0.1) is 6.08 Å². The van der Waals surface area contributed by atoms with Gasteiger partial charge in [-0.05, 0) is 17.2 Å². The predicted octanol–water partition coefficient (Wildman–Crippen LogP) is 3.89. The van der Waals surface area contributed by atoms with Crippen molar-refractivity contribution in [2.24, 2.45) is 0 Å². The van der Waals surface area contributed by atoms with Gasteiger partial charge in [0, 0.05) is 5.56 Å². The second-order valence-electron chi connectivity index (χ2n) is 6.59. The van der Waals surface area contributed by atoms with Crippen molar-refractivity contribution in [1.29, 1.82) is 0 Å². The van der Waals surface area contributed by atoms with E-state index >= 15 is 0 Å². The first kappa shape index (κ1) is 18.4. The molecule has 4 heteroatoms. The highest BCUT2D eigenvalue weighted by Crippen LogP contribution is 2.21. The van der Waals surface area contributed by atoms with Gasteiger partial charge in [-0.25, -0.2) is 4.79 Å². The van der Waals surface area contributed by atoms with E-state index in [0.717, 1.165) is 11.1 Å². The smallest absolute Gasteiger partial charge is 0.375 e. The monoisotopic (exact) mass is 381 g/mol. The second kappa shape index (κ2) is 8.40. The molecule has 0 saturated heterocycles. The molecule has 4 rings (SSSR count). The largest absolute Gasteiger partial charge is 0.822 e. The molecule has 0 saturated carbocycles. The van der Waals surface area contributed by atoms with Gasteiger partial charge < -0.3 is 9.52 Å². The van der Waals surface area contributed by atoms with Crippen molar-refractivity contribution in [2.75, 3.05) is 0 Å². The van der Waals surface area contributed by atoms with Crippen LogP contribution >= 0.6 is 0 Å². The summed E-state index contributed by atoms with van der Waals surface area (Å²) in [4.78, 5) is 12.7. The van der Waals surface area contributed by atoms with E-state index in [1.165, 1.54) is 4.57 Å². The van der Waals surface area contributed by atoms with Crippen LogP contribution in [0.3, 0.4) is 0 Å². The molecule has 0 aliphatic carbocycles. The van der Waals surface area contributed by atoms with Gasteiger partial charge in [-0.1, -0.05) is 91.0 Å². The minimum absolute atomic E-state index is 0.0402. The van der Waals surface area contributed by atoms with Crippen molar-refractivity contribution in [3.63, 3.8) is 0 Å². The number of aromatic nitrogens is 1. The summed E-state index contributed by atoms with van der Waals surface area (Å²) in [5, 5.41) is 13.3. The van der Waals surface area contributed by atoms with Crippen LogP contribution in [0.1, 0.15) is 17.0 Å². The van der Waals surface area contributed by atoms with Crippen LogP contribution in [0.25, 0.3) is 23.3 Å². The van der Waals surface area contributed by atoms with Crippen LogP contribution in [0.15, 0.2) is 100 Å². The molecule has 4 aromatic rings. The molecule has 0 fully saturated rings. The number of hydrogen-bond donors (Lipinski definition) is 0. The quantitative estimate of drug-likeness (QED) is 0.493. The second-order valence-corrected chi connectivity index (χ2v) is 6.59. The summed E-state index contributed by atoms with van der Waals surface area (Å²) < 4.78 is 7.09. The molecule has 0 radical (unpaired) electrons. The fraction of sp³-hybridized carbons (Fsp3) is 0.0400. The minimum atomic E-state index is -0.641. The Kier molecular flexibility index (Phi) is 5.34. The van der Waals surface area contributed by atoms with Crippen molar-refractivity contribution in [2.45, 2.75) is 6.54 Å². The molecule has 142 valence electrons. The molecule has 0 amide bonds. The summed E-state index contributed by atoms with van der Waals surface area (Å²) in [6.45, 7) is 0.303. The Morgan fingerprint density at radius 2 is 1.38 bits per heavy atom. The standard InChI is InChI=1S/C25H19NO3/c27-24-23(21-14-8-3-9-15-21)25(28)29-22(17-16-19-10-4-1-5-11-19)26(24)18-20-12-6-2-7-13-20/h1-17H,18H2/b17-16+. The lowest BCUT2D eigenvalue weighted by Crippen LogP contribution is -2.43. The SMILES string of the molecule is O=c1oc(/C=C/c2ccccc2)[n+](Cc2ccccc2)c([O-])c1-c1ccccc1. The summed E-state index contributed by atoms with van der Waals surface area (Å²) in [5.74, 6) is -0.156. The van der Waals surface area contributed by atoms with E-state index in [9.17, 15) is 9.90 Å².